The van der Waals surface area contributed by atoms with E-state index in [1.54, 1.807) is 11.5 Å². The molecule has 8 heteroatoms. The van der Waals surface area contributed by atoms with Gasteiger partial charge in [-0.15, -0.1) is 5.10 Å². The topological polar surface area (TPSA) is 89.0 Å². The van der Waals surface area contributed by atoms with Crippen molar-refractivity contribution in [2.45, 2.75) is 44.9 Å². The van der Waals surface area contributed by atoms with E-state index in [1.807, 2.05) is 13.8 Å². The smallest absolute Gasteiger partial charge is 0.343 e. The molecule has 2 N–H and O–H groups in total. The van der Waals surface area contributed by atoms with Crippen LogP contribution in [-0.4, -0.2) is 45.7 Å². The van der Waals surface area contributed by atoms with Crippen LogP contribution in [0.5, 0.6) is 0 Å². The molecule has 1 unspecified atom stereocenters. The van der Waals surface area contributed by atoms with Gasteiger partial charge in [0.2, 0.25) is 0 Å². The van der Waals surface area contributed by atoms with Gasteiger partial charge in [0, 0.05) is 12.3 Å². The number of H-pyrrole nitrogens is 1. The predicted octanol–water partition coefficient (Wildman–Crippen LogP) is 0.615. The Labute approximate surface area is 122 Å². The zero-order valence-electron chi connectivity index (χ0n) is 12.1. The monoisotopic (exact) mass is 302 g/mol. The van der Waals surface area contributed by atoms with Gasteiger partial charge < -0.3 is 10.1 Å². The molecule has 7 nitrogen and oxygen atoms in total. The van der Waals surface area contributed by atoms with Gasteiger partial charge in [-0.2, -0.15) is 0 Å². The van der Waals surface area contributed by atoms with Gasteiger partial charge in [0.15, 0.2) is 5.16 Å². The van der Waals surface area contributed by atoms with E-state index < -0.39 is 6.04 Å². The molecule has 0 aliphatic heterocycles. The molecule has 114 valence electrons. The summed E-state index contributed by atoms with van der Waals surface area (Å²) in [4.78, 5) is 23.3. The van der Waals surface area contributed by atoms with E-state index in [-0.39, 0.29) is 11.7 Å². The Kier molecular flexibility index (Phi) is 7.38. The van der Waals surface area contributed by atoms with E-state index in [0.717, 1.165) is 6.42 Å². The second-order valence-electron chi connectivity index (χ2n) is 4.14. The number of ether oxygens (including phenoxy) is 1. The minimum Gasteiger partial charge on any atom is -0.465 e. The third kappa shape index (κ3) is 4.68. The highest BCUT2D eigenvalue weighted by Crippen LogP contribution is 2.15. The highest BCUT2D eigenvalue weighted by Gasteiger charge is 2.20. The van der Waals surface area contributed by atoms with Crippen molar-refractivity contribution in [1.29, 1.82) is 0 Å². The number of rotatable bonds is 9. The summed E-state index contributed by atoms with van der Waals surface area (Å²) in [6.45, 7) is 7.34. The van der Waals surface area contributed by atoms with Crippen LogP contribution in [0.2, 0.25) is 0 Å². The van der Waals surface area contributed by atoms with E-state index in [4.69, 9.17) is 4.74 Å². The van der Waals surface area contributed by atoms with Gasteiger partial charge in [-0.1, -0.05) is 25.6 Å². The first-order chi connectivity index (χ1) is 9.63. The Hall–Kier alpha value is -1.28. The fourth-order valence-electron chi connectivity index (χ4n) is 1.69. The summed E-state index contributed by atoms with van der Waals surface area (Å²) in [6.07, 6.45) is 0.849. The van der Waals surface area contributed by atoms with Crippen LogP contribution in [0, 0.1) is 0 Å². The average Bonchev–Trinajstić information content (AvgIpc) is 2.77. The molecule has 1 atom stereocenters. The van der Waals surface area contributed by atoms with Crippen LogP contribution in [0.1, 0.15) is 27.2 Å². The fraction of sp³-hybridized carbons (Fsp3) is 0.750. The van der Waals surface area contributed by atoms with Crippen LogP contribution in [0.15, 0.2) is 9.95 Å². The van der Waals surface area contributed by atoms with Crippen molar-refractivity contribution in [1.82, 2.24) is 20.1 Å². The quantitative estimate of drug-likeness (QED) is 0.513. The number of hydrogen-bond donors (Lipinski definition) is 2. The molecule has 0 aromatic carbocycles. The summed E-state index contributed by atoms with van der Waals surface area (Å²) in [6, 6.07) is -0.396. The number of nitrogens with one attached hydrogen (secondary N) is 2. The Morgan fingerprint density at radius 1 is 1.50 bits per heavy atom. The maximum atomic E-state index is 11.8. The Bertz CT molecular complexity index is 472. The lowest BCUT2D eigenvalue weighted by Crippen LogP contribution is -2.40. The number of thioether (sulfide) groups is 1. The summed E-state index contributed by atoms with van der Waals surface area (Å²) >= 11 is 1.37. The summed E-state index contributed by atoms with van der Waals surface area (Å²) < 4.78 is 6.60. The molecule has 0 spiro atoms. The number of likely N-dealkylation sites (N-methyl/N-ethyl adjacent to an activating group) is 1. The van der Waals surface area contributed by atoms with Gasteiger partial charge in [0.1, 0.15) is 6.04 Å². The summed E-state index contributed by atoms with van der Waals surface area (Å²) in [5.41, 5.74) is -0.217. The van der Waals surface area contributed by atoms with Crippen molar-refractivity contribution >= 4 is 17.7 Å². The van der Waals surface area contributed by atoms with Crippen LogP contribution < -0.4 is 11.0 Å². The lowest BCUT2D eigenvalue weighted by molar-refractivity contribution is -0.144. The maximum absolute atomic E-state index is 11.8. The largest absolute Gasteiger partial charge is 0.465 e. The Morgan fingerprint density at radius 3 is 2.85 bits per heavy atom. The SMILES string of the molecule is CCCn1c(SCC(NCC)C(=O)OCC)n[nH]c1=O. The van der Waals surface area contributed by atoms with Crippen molar-refractivity contribution in [2.75, 3.05) is 18.9 Å². The number of hydrogen-bond acceptors (Lipinski definition) is 6. The first-order valence-corrected chi connectivity index (χ1v) is 7.80. The molecule has 0 saturated heterocycles. The minimum absolute atomic E-state index is 0.217. The van der Waals surface area contributed by atoms with Crippen LogP contribution in [0.3, 0.4) is 0 Å². The third-order valence-corrected chi connectivity index (χ3v) is 3.64. The van der Waals surface area contributed by atoms with Crippen LogP contribution in [0.4, 0.5) is 0 Å². The number of nitrogens with zero attached hydrogens (tertiary/aromatic N) is 2. The Balaban J connectivity index is 2.67. The van der Waals surface area contributed by atoms with Crippen LogP contribution in [0.25, 0.3) is 0 Å². The van der Waals surface area contributed by atoms with Gasteiger partial charge >= 0.3 is 11.7 Å². The lowest BCUT2D eigenvalue weighted by atomic mass is 10.3. The molecule has 1 aromatic heterocycles. The molecule has 0 bridgehead atoms. The zero-order valence-corrected chi connectivity index (χ0v) is 13.0. The van der Waals surface area contributed by atoms with Crippen molar-refractivity contribution in [3.05, 3.63) is 10.5 Å². The molecule has 0 aliphatic rings. The number of carbonyl (C=O) groups excluding carboxylic acids is 1. The first kappa shape index (κ1) is 16.8. The van der Waals surface area contributed by atoms with Crippen LogP contribution in [-0.2, 0) is 16.1 Å². The number of aromatic amines is 1. The molecular formula is C12H22N4O3S. The highest BCUT2D eigenvalue weighted by molar-refractivity contribution is 7.99. The van der Waals surface area contributed by atoms with Gasteiger partial charge in [-0.25, -0.2) is 9.89 Å². The fourth-order valence-corrected chi connectivity index (χ4v) is 2.70. The first-order valence-electron chi connectivity index (χ1n) is 6.81. The van der Waals surface area contributed by atoms with Gasteiger partial charge in [-0.3, -0.25) is 9.36 Å². The molecule has 1 heterocycles. The van der Waals surface area contributed by atoms with E-state index in [2.05, 4.69) is 15.5 Å². The molecule has 0 radical (unpaired) electrons. The van der Waals surface area contributed by atoms with Crippen molar-refractivity contribution < 1.29 is 9.53 Å². The summed E-state index contributed by atoms with van der Waals surface area (Å²) in [5, 5.41) is 10.1. The second-order valence-corrected chi connectivity index (χ2v) is 5.12. The molecular weight excluding hydrogens is 280 g/mol. The second kappa shape index (κ2) is 8.80. The van der Waals surface area contributed by atoms with E-state index in [1.165, 1.54) is 11.8 Å². The summed E-state index contributed by atoms with van der Waals surface area (Å²) in [5.74, 6) is 0.197. The lowest BCUT2D eigenvalue weighted by Gasteiger charge is -2.15. The van der Waals surface area contributed by atoms with Gasteiger partial charge in [0.25, 0.3) is 0 Å². The molecule has 20 heavy (non-hydrogen) atoms. The normalized spacial score (nSPS) is 12.3. The maximum Gasteiger partial charge on any atom is 0.343 e. The zero-order chi connectivity index (χ0) is 15.0. The molecule has 0 amide bonds. The van der Waals surface area contributed by atoms with E-state index in [0.29, 0.717) is 30.6 Å². The van der Waals surface area contributed by atoms with Crippen molar-refractivity contribution in [2.24, 2.45) is 0 Å². The van der Waals surface area contributed by atoms with Crippen LogP contribution >= 0.6 is 11.8 Å². The van der Waals surface area contributed by atoms with Gasteiger partial charge in [-0.05, 0) is 19.9 Å². The highest BCUT2D eigenvalue weighted by atomic mass is 32.2. The molecule has 1 rings (SSSR count). The molecule has 0 aliphatic carbocycles. The predicted molar refractivity (Wildman–Crippen MR) is 78.0 cm³/mol. The molecule has 0 fully saturated rings. The van der Waals surface area contributed by atoms with Gasteiger partial charge in [0.05, 0.1) is 6.61 Å². The van der Waals surface area contributed by atoms with E-state index >= 15 is 0 Å². The summed E-state index contributed by atoms with van der Waals surface area (Å²) in [7, 11) is 0. The number of aromatic nitrogens is 3. The Morgan fingerprint density at radius 2 is 2.25 bits per heavy atom. The van der Waals surface area contributed by atoms with Crippen molar-refractivity contribution in [3.63, 3.8) is 0 Å². The standard InChI is InChI=1S/C12H22N4O3S/c1-4-7-16-11(18)14-15-12(16)20-8-9(13-5-2)10(17)19-6-3/h9,13H,4-8H2,1-3H3,(H,14,18). The average molecular weight is 302 g/mol. The molecule has 1 aromatic rings. The van der Waals surface area contributed by atoms with E-state index in [9.17, 15) is 9.59 Å². The minimum atomic E-state index is -0.396. The third-order valence-electron chi connectivity index (χ3n) is 2.57. The molecule has 0 saturated carbocycles. The number of carbonyl (C=O) groups is 1. The number of esters is 1. The van der Waals surface area contributed by atoms with Crippen molar-refractivity contribution in [3.8, 4) is 0 Å².